The fourth-order valence-electron chi connectivity index (χ4n) is 2.56. The lowest BCUT2D eigenvalue weighted by Crippen LogP contribution is -2.14. The third-order valence-corrected chi connectivity index (χ3v) is 4.85. The third-order valence-electron chi connectivity index (χ3n) is 3.80. The molecule has 1 heterocycles. The van der Waals surface area contributed by atoms with Gasteiger partial charge in [0.05, 0.1) is 5.56 Å². The maximum Gasteiger partial charge on any atom is 0.251 e. The third kappa shape index (κ3) is 5.05. The molecule has 3 aromatic rings. The van der Waals surface area contributed by atoms with Crippen LogP contribution in [0.15, 0.2) is 66.7 Å². The van der Waals surface area contributed by atoms with Crippen LogP contribution >= 0.6 is 11.3 Å². The van der Waals surface area contributed by atoms with Crippen LogP contribution in [-0.4, -0.2) is 16.9 Å². The summed E-state index contributed by atoms with van der Waals surface area (Å²) < 4.78 is 0. The second-order valence-electron chi connectivity index (χ2n) is 5.90. The number of phenolic OH excluding ortho intramolecular Hbond substituents is 1. The Kier molecular flexibility index (Phi) is 5.68. The molecule has 0 saturated carbocycles. The SMILES string of the molecule is NC(=O)c1cc(Cc2ccccc2)sc1NC(=O)C=Cc1cccc(O)c1. The van der Waals surface area contributed by atoms with Crippen LogP contribution in [0, 0.1) is 0 Å². The van der Waals surface area contributed by atoms with Gasteiger partial charge in [-0.15, -0.1) is 11.3 Å². The number of hydrogen-bond donors (Lipinski definition) is 3. The van der Waals surface area contributed by atoms with Gasteiger partial charge in [-0.1, -0.05) is 42.5 Å². The highest BCUT2D eigenvalue weighted by atomic mass is 32.1. The molecule has 0 saturated heterocycles. The molecule has 0 bridgehead atoms. The molecule has 0 fully saturated rings. The van der Waals surface area contributed by atoms with Crippen LogP contribution in [0.3, 0.4) is 0 Å². The van der Waals surface area contributed by atoms with E-state index in [-0.39, 0.29) is 11.7 Å². The van der Waals surface area contributed by atoms with Gasteiger partial charge in [0.15, 0.2) is 0 Å². The Hall–Kier alpha value is -3.38. The van der Waals surface area contributed by atoms with Crippen LogP contribution in [0.2, 0.25) is 0 Å². The number of thiophene rings is 1. The van der Waals surface area contributed by atoms with Crippen molar-refractivity contribution in [2.45, 2.75) is 6.42 Å². The highest BCUT2D eigenvalue weighted by molar-refractivity contribution is 7.16. The fraction of sp³-hybridized carbons (Fsp3) is 0.0476. The molecule has 0 spiro atoms. The molecular formula is C21H18N2O3S. The predicted octanol–water partition coefficient (Wildman–Crippen LogP) is 3.80. The first-order chi connectivity index (χ1) is 13.0. The number of rotatable bonds is 6. The monoisotopic (exact) mass is 378 g/mol. The Labute approximate surface area is 160 Å². The van der Waals surface area contributed by atoms with E-state index in [1.165, 1.54) is 17.4 Å². The number of amides is 2. The molecule has 136 valence electrons. The van der Waals surface area contributed by atoms with Gasteiger partial charge >= 0.3 is 0 Å². The summed E-state index contributed by atoms with van der Waals surface area (Å²) in [5.41, 5.74) is 7.54. The largest absolute Gasteiger partial charge is 0.508 e. The van der Waals surface area contributed by atoms with E-state index in [0.717, 1.165) is 10.4 Å². The van der Waals surface area contributed by atoms with Crippen molar-refractivity contribution in [1.82, 2.24) is 0 Å². The van der Waals surface area contributed by atoms with E-state index >= 15 is 0 Å². The number of primary amides is 1. The second kappa shape index (κ2) is 8.33. The van der Waals surface area contributed by atoms with Gasteiger partial charge in [0.1, 0.15) is 10.8 Å². The van der Waals surface area contributed by atoms with Gasteiger partial charge in [0.2, 0.25) is 5.91 Å². The van der Waals surface area contributed by atoms with Gasteiger partial charge in [0.25, 0.3) is 5.91 Å². The van der Waals surface area contributed by atoms with E-state index in [1.54, 1.807) is 36.4 Å². The summed E-state index contributed by atoms with van der Waals surface area (Å²) in [6.45, 7) is 0. The van der Waals surface area contributed by atoms with Crippen LogP contribution in [-0.2, 0) is 11.2 Å². The van der Waals surface area contributed by atoms with Gasteiger partial charge in [-0.25, -0.2) is 0 Å². The number of aromatic hydroxyl groups is 1. The Balaban J connectivity index is 1.75. The van der Waals surface area contributed by atoms with Crippen molar-refractivity contribution in [3.05, 3.63) is 88.3 Å². The zero-order valence-corrected chi connectivity index (χ0v) is 15.2. The molecule has 4 N–H and O–H groups in total. The van der Waals surface area contributed by atoms with E-state index in [4.69, 9.17) is 5.73 Å². The van der Waals surface area contributed by atoms with Crippen molar-refractivity contribution in [2.24, 2.45) is 5.73 Å². The van der Waals surface area contributed by atoms with E-state index < -0.39 is 5.91 Å². The summed E-state index contributed by atoms with van der Waals surface area (Å²) >= 11 is 1.33. The maximum absolute atomic E-state index is 12.2. The normalized spacial score (nSPS) is 10.8. The number of hydrogen-bond acceptors (Lipinski definition) is 4. The van der Waals surface area contributed by atoms with E-state index in [1.807, 2.05) is 30.3 Å². The van der Waals surface area contributed by atoms with E-state index in [2.05, 4.69) is 5.32 Å². The molecule has 0 aliphatic heterocycles. The number of nitrogens with two attached hydrogens (primary N) is 1. The molecule has 6 heteroatoms. The zero-order chi connectivity index (χ0) is 19.2. The highest BCUT2D eigenvalue weighted by Crippen LogP contribution is 2.29. The van der Waals surface area contributed by atoms with Crippen molar-refractivity contribution in [1.29, 1.82) is 0 Å². The maximum atomic E-state index is 12.2. The Morgan fingerprint density at radius 2 is 1.85 bits per heavy atom. The first-order valence-electron chi connectivity index (χ1n) is 8.26. The standard InChI is InChI=1S/C21H18N2O3S/c22-20(26)18-13-17(12-14-5-2-1-3-6-14)27-21(18)23-19(25)10-9-15-7-4-8-16(24)11-15/h1-11,13,24H,12H2,(H2,22,26)(H,23,25). The molecule has 0 aliphatic rings. The number of anilines is 1. The van der Waals surface area contributed by atoms with E-state index in [9.17, 15) is 14.7 Å². The van der Waals surface area contributed by atoms with Gasteiger partial charge in [-0.3, -0.25) is 9.59 Å². The lowest BCUT2D eigenvalue weighted by Gasteiger charge is -2.01. The summed E-state index contributed by atoms with van der Waals surface area (Å²) in [6.07, 6.45) is 3.58. The Morgan fingerprint density at radius 3 is 2.56 bits per heavy atom. The zero-order valence-electron chi connectivity index (χ0n) is 14.4. The topological polar surface area (TPSA) is 92.4 Å². The minimum Gasteiger partial charge on any atom is -0.508 e. The summed E-state index contributed by atoms with van der Waals surface area (Å²) in [6, 6.07) is 18.1. The van der Waals surface area contributed by atoms with Crippen LogP contribution in [0.5, 0.6) is 5.75 Å². The second-order valence-corrected chi connectivity index (χ2v) is 7.04. The van der Waals surface area contributed by atoms with Crippen molar-refractivity contribution < 1.29 is 14.7 Å². The van der Waals surface area contributed by atoms with Crippen LogP contribution < -0.4 is 11.1 Å². The van der Waals surface area contributed by atoms with Gasteiger partial charge < -0.3 is 16.2 Å². The molecule has 2 amide bonds. The van der Waals surface area contributed by atoms with Crippen LogP contribution in [0.4, 0.5) is 5.00 Å². The van der Waals surface area contributed by atoms with Crippen LogP contribution in [0.25, 0.3) is 6.08 Å². The number of carbonyl (C=O) groups excluding carboxylic acids is 2. The first kappa shape index (κ1) is 18.4. The number of nitrogens with one attached hydrogen (secondary N) is 1. The van der Waals surface area contributed by atoms with Gasteiger partial charge in [-0.05, 0) is 35.4 Å². The quantitative estimate of drug-likeness (QED) is 0.570. The van der Waals surface area contributed by atoms with Gasteiger partial charge in [0, 0.05) is 17.4 Å². The highest BCUT2D eigenvalue weighted by Gasteiger charge is 2.15. The fourth-order valence-corrected chi connectivity index (χ4v) is 3.65. The molecule has 0 radical (unpaired) electrons. The molecule has 27 heavy (non-hydrogen) atoms. The molecule has 3 rings (SSSR count). The molecule has 5 nitrogen and oxygen atoms in total. The van der Waals surface area contributed by atoms with Crippen molar-refractivity contribution in [3.8, 4) is 5.75 Å². The smallest absolute Gasteiger partial charge is 0.251 e. The van der Waals surface area contributed by atoms with Crippen LogP contribution in [0.1, 0.15) is 26.4 Å². The summed E-state index contributed by atoms with van der Waals surface area (Å²) in [5.74, 6) is -0.843. The lowest BCUT2D eigenvalue weighted by molar-refractivity contribution is -0.111. The molecule has 1 aromatic heterocycles. The Bertz CT molecular complexity index is 994. The minimum absolute atomic E-state index is 0.123. The summed E-state index contributed by atoms with van der Waals surface area (Å²) in [7, 11) is 0. The molecule has 0 unspecified atom stereocenters. The lowest BCUT2D eigenvalue weighted by atomic mass is 10.1. The summed E-state index contributed by atoms with van der Waals surface area (Å²) in [4.78, 5) is 24.9. The van der Waals surface area contributed by atoms with Crippen molar-refractivity contribution in [2.75, 3.05) is 5.32 Å². The predicted molar refractivity (Wildman–Crippen MR) is 108 cm³/mol. The van der Waals surface area contributed by atoms with Gasteiger partial charge in [-0.2, -0.15) is 0 Å². The minimum atomic E-state index is -0.585. The molecule has 0 atom stereocenters. The first-order valence-corrected chi connectivity index (χ1v) is 9.07. The molecular weight excluding hydrogens is 360 g/mol. The molecule has 2 aromatic carbocycles. The van der Waals surface area contributed by atoms with E-state index in [0.29, 0.717) is 22.5 Å². The number of carbonyl (C=O) groups is 2. The average molecular weight is 378 g/mol. The molecule has 0 aliphatic carbocycles. The summed E-state index contributed by atoms with van der Waals surface area (Å²) in [5, 5.41) is 12.6. The Morgan fingerprint density at radius 1 is 1.07 bits per heavy atom. The number of benzene rings is 2. The number of phenols is 1. The van der Waals surface area contributed by atoms with Crippen molar-refractivity contribution >= 4 is 34.2 Å². The van der Waals surface area contributed by atoms with Crippen molar-refractivity contribution in [3.63, 3.8) is 0 Å². The average Bonchev–Trinajstić information content (AvgIpc) is 3.03.